The second-order valence-corrected chi connectivity index (χ2v) is 8.40. The van der Waals surface area contributed by atoms with E-state index < -0.39 is 0 Å². The van der Waals surface area contributed by atoms with E-state index in [2.05, 4.69) is 57.7 Å². The molecule has 172 valence electrons. The Morgan fingerprint density at radius 1 is 1.06 bits per heavy atom. The quantitative estimate of drug-likeness (QED) is 0.388. The number of ether oxygens (including phenoxy) is 1. The molecule has 0 aliphatic rings. The molecule has 0 bridgehead atoms. The maximum Gasteiger partial charge on any atom is 0.257 e. The van der Waals surface area contributed by atoms with Crippen LogP contribution in [0, 0.1) is 11.3 Å². The molecule has 6 nitrogen and oxygen atoms in total. The molecule has 34 heavy (non-hydrogen) atoms. The van der Waals surface area contributed by atoms with Crippen LogP contribution in [0.3, 0.4) is 0 Å². The van der Waals surface area contributed by atoms with Crippen LogP contribution in [-0.4, -0.2) is 38.1 Å². The summed E-state index contributed by atoms with van der Waals surface area (Å²) in [6, 6.07) is 26.0. The second-order valence-electron chi connectivity index (χ2n) is 8.40. The molecule has 3 aromatic carbocycles. The van der Waals surface area contributed by atoms with Crippen LogP contribution in [0.15, 0.2) is 79.0 Å². The van der Waals surface area contributed by atoms with Gasteiger partial charge in [-0.3, -0.25) is 4.79 Å². The molecule has 0 saturated heterocycles. The van der Waals surface area contributed by atoms with Gasteiger partial charge in [0, 0.05) is 49.3 Å². The zero-order valence-corrected chi connectivity index (χ0v) is 19.4. The molecule has 2 N–H and O–H groups in total. The van der Waals surface area contributed by atoms with E-state index >= 15 is 0 Å². The number of aromatic amines is 1. The Balaban J connectivity index is 1.47. The summed E-state index contributed by atoms with van der Waals surface area (Å²) in [7, 11) is 4.03. The van der Waals surface area contributed by atoms with Gasteiger partial charge in [0.05, 0.1) is 12.5 Å². The summed E-state index contributed by atoms with van der Waals surface area (Å²) in [5.74, 6) is 0.404. The number of H-pyrrole nitrogens is 1. The lowest BCUT2D eigenvalue weighted by Gasteiger charge is -2.20. The zero-order chi connectivity index (χ0) is 23.9. The summed E-state index contributed by atoms with van der Waals surface area (Å²) < 4.78 is 5.64. The summed E-state index contributed by atoms with van der Waals surface area (Å²) in [5.41, 5.74) is 5.38. The van der Waals surface area contributed by atoms with Gasteiger partial charge in [0.15, 0.2) is 6.61 Å². The number of hydrogen-bond acceptors (Lipinski definition) is 4. The van der Waals surface area contributed by atoms with Gasteiger partial charge >= 0.3 is 0 Å². The monoisotopic (exact) mass is 452 g/mol. The Kier molecular flexibility index (Phi) is 7.14. The molecule has 0 saturated carbocycles. The third kappa shape index (κ3) is 5.38. The van der Waals surface area contributed by atoms with E-state index in [1.54, 1.807) is 12.1 Å². The average molecular weight is 453 g/mol. The Morgan fingerprint density at radius 2 is 1.79 bits per heavy atom. The van der Waals surface area contributed by atoms with E-state index in [4.69, 9.17) is 10.00 Å². The summed E-state index contributed by atoms with van der Waals surface area (Å²) in [6.07, 6.45) is 2.38. The van der Waals surface area contributed by atoms with Gasteiger partial charge in [-0.1, -0.05) is 42.5 Å². The molecule has 0 aliphatic carbocycles. The number of aromatic nitrogens is 1. The van der Waals surface area contributed by atoms with Gasteiger partial charge in [0.25, 0.3) is 5.91 Å². The van der Waals surface area contributed by atoms with Crippen LogP contribution in [0.4, 0.5) is 5.69 Å². The van der Waals surface area contributed by atoms with Crippen molar-refractivity contribution < 1.29 is 9.53 Å². The van der Waals surface area contributed by atoms with Crippen molar-refractivity contribution in [1.82, 2.24) is 10.3 Å². The van der Waals surface area contributed by atoms with Crippen molar-refractivity contribution in [3.63, 3.8) is 0 Å². The number of nitriles is 1. The number of nitrogens with zero attached hydrogens (tertiary/aromatic N) is 2. The SMILES string of the molecule is CN(C)c1ccc(C(CNC(=O)COc2ccc(CC#N)cc2)c2c[nH]c3ccccc23)cc1. The summed E-state index contributed by atoms with van der Waals surface area (Å²) in [6.45, 7) is 0.379. The molecule has 4 rings (SSSR count). The largest absolute Gasteiger partial charge is 0.484 e. The molecular formula is C28H28N4O2. The highest BCUT2D eigenvalue weighted by Gasteiger charge is 2.19. The summed E-state index contributed by atoms with van der Waals surface area (Å²) in [5, 5.41) is 13.0. The predicted octanol–water partition coefficient (Wildman–Crippen LogP) is 4.63. The first-order valence-corrected chi connectivity index (χ1v) is 11.2. The highest BCUT2D eigenvalue weighted by Crippen LogP contribution is 2.31. The number of carbonyl (C=O) groups excluding carboxylic acids is 1. The van der Waals surface area contributed by atoms with E-state index in [-0.39, 0.29) is 18.4 Å². The van der Waals surface area contributed by atoms with Crippen LogP contribution in [0.2, 0.25) is 0 Å². The van der Waals surface area contributed by atoms with E-state index in [1.165, 1.54) is 0 Å². The first kappa shape index (κ1) is 22.9. The molecule has 6 heteroatoms. The lowest BCUT2D eigenvalue weighted by atomic mass is 9.90. The number of amides is 1. The number of hydrogen-bond donors (Lipinski definition) is 2. The molecular weight excluding hydrogens is 424 g/mol. The van der Waals surface area contributed by atoms with Crippen LogP contribution in [-0.2, 0) is 11.2 Å². The highest BCUT2D eigenvalue weighted by molar-refractivity contribution is 5.84. The minimum Gasteiger partial charge on any atom is -0.484 e. The number of rotatable bonds is 9. The number of nitrogens with one attached hydrogen (secondary N) is 2. The van der Waals surface area contributed by atoms with Crippen molar-refractivity contribution in [2.75, 3.05) is 32.1 Å². The predicted molar refractivity (Wildman–Crippen MR) is 135 cm³/mol. The van der Waals surface area contributed by atoms with Gasteiger partial charge in [-0.2, -0.15) is 5.26 Å². The lowest BCUT2D eigenvalue weighted by Crippen LogP contribution is -2.32. The Hall–Kier alpha value is -4.24. The molecule has 1 amide bonds. The van der Waals surface area contributed by atoms with Crippen molar-refractivity contribution in [1.29, 1.82) is 5.26 Å². The zero-order valence-electron chi connectivity index (χ0n) is 19.4. The number of fused-ring (bicyclic) bond motifs is 1. The first-order chi connectivity index (χ1) is 16.5. The number of carbonyl (C=O) groups is 1. The topological polar surface area (TPSA) is 81.2 Å². The van der Waals surface area contributed by atoms with E-state index in [9.17, 15) is 4.79 Å². The van der Waals surface area contributed by atoms with Crippen LogP contribution in [0.1, 0.15) is 22.6 Å². The molecule has 1 heterocycles. The fourth-order valence-corrected chi connectivity index (χ4v) is 4.01. The van der Waals surface area contributed by atoms with Gasteiger partial charge < -0.3 is 19.9 Å². The molecule has 1 aromatic heterocycles. The maximum absolute atomic E-state index is 12.6. The third-order valence-electron chi connectivity index (χ3n) is 5.89. The summed E-state index contributed by atoms with van der Waals surface area (Å²) >= 11 is 0. The van der Waals surface area contributed by atoms with Crippen molar-refractivity contribution in [3.05, 3.63) is 95.7 Å². The van der Waals surface area contributed by atoms with Gasteiger partial charge in [0.1, 0.15) is 5.75 Å². The Morgan fingerprint density at radius 3 is 2.50 bits per heavy atom. The first-order valence-electron chi connectivity index (χ1n) is 11.2. The van der Waals surface area contributed by atoms with Crippen LogP contribution in [0.25, 0.3) is 10.9 Å². The van der Waals surface area contributed by atoms with Gasteiger partial charge in [0.2, 0.25) is 0 Å². The van der Waals surface area contributed by atoms with Crippen LogP contribution in [0.5, 0.6) is 5.75 Å². The minimum atomic E-state index is -0.184. The van der Waals surface area contributed by atoms with Gasteiger partial charge in [-0.05, 0) is 47.0 Å². The van der Waals surface area contributed by atoms with E-state index in [1.807, 2.05) is 44.6 Å². The molecule has 4 aromatic rings. The van der Waals surface area contributed by atoms with Crippen LogP contribution < -0.4 is 15.0 Å². The molecule has 0 fully saturated rings. The smallest absolute Gasteiger partial charge is 0.257 e. The minimum absolute atomic E-state index is 0.0124. The van der Waals surface area contributed by atoms with Crippen molar-refractivity contribution >= 4 is 22.5 Å². The fraction of sp³-hybridized carbons (Fsp3) is 0.214. The standard InChI is InChI=1S/C28H28N4O2/c1-32(2)22-11-9-21(10-12-22)25(26-18-30-27-6-4-3-5-24(26)27)17-31-28(33)19-34-23-13-7-20(8-14-23)15-16-29/h3-14,18,25,30H,15,17,19H2,1-2H3,(H,31,33). The van der Waals surface area contributed by atoms with Crippen molar-refractivity contribution in [2.24, 2.45) is 0 Å². The number of benzene rings is 3. The van der Waals surface area contributed by atoms with E-state index in [0.717, 1.165) is 33.3 Å². The maximum atomic E-state index is 12.6. The number of anilines is 1. The molecule has 0 radical (unpaired) electrons. The Bertz CT molecular complexity index is 1280. The highest BCUT2D eigenvalue weighted by atomic mass is 16.5. The van der Waals surface area contributed by atoms with Gasteiger partial charge in [-0.15, -0.1) is 0 Å². The van der Waals surface area contributed by atoms with Crippen LogP contribution >= 0.6 is 0 Å². The number of para-hydroxylation sites is 1. The van der Waals surface area contributed by atoms with Crippen molar-refractivity contribution in [2.45, 2.75) is 12.3 Å². The fourth-order valence-electron chi connectivity index (χ4n) is 4.01. The molecule has 1 atom stereocenters. The normalized spacial score (nSPS) is 11.6. The molecule has 0 aliphatic heterocycles. The second kappa shape index (κ2) is 10.6. The van der Waals surface area contributed by atoms with Crippen molar-refractivity contribution in [3.8, 4) is 11.8 Å². The lowest BCUT2D eigenvalue weighted by molar-refractivity contribution is -0.123. The molecule has 0 spiro atoms. The van der Waals surface area contributed by atoms with E-state index in [0.29, 0.717) is 18.7 Å². The summed E-state index contributed by atoms with van der Waals surface area (Å²) in [4.78, 5) is 18.0. The third-order valence-corrected chi connectivity index (χ3v) is 5.89. The Labute approximate surface area is 199 Å². The average Bonchev–Trinajstić information content (AvgIpc) is 3.28. The molecule has 1 unspecified atom stereocenters. The van der Waals surface area contributed by atoms with Gasteiger partial charge in [-0.25, -0.2) is 0 Å².